The van der Waals surface area contributed by atoms with E-state index in [-0.39, 0.29) is 19.1 Å². The zero-order valence-electron chi connectivity index (χ0n) is 20.6. The third-order valence-electron chi connectivity index (χ3n) is 5.75. The summed E-state index contributed by atoms with van der Waals surface area (Å²) in [7, 11) is 2.84. The summed E-state index contributed by atoms with van der Waals surface area (Å²) >= 11 is -1.58. The number of nitrogens with zero attached hydrogens (tertiary/aromatic N) is 1. The van der Waals surface area contributed by atoms with E-state index in [9.17, 15) is 14.1 Å². The molecule has 1 aliphatic rings. The Kier molecular flexibility index (Phi) is 8.27. The van der Waals surface area contributed by atoms with Crippen LogP contribution >= 0.6 is 0 Å². The van der Waals surface area contributed by atoms with Crippen molar-refractivity contribution in [2.45, 2.75) is 11.8 Å². The van der Waals surface area contributed by atoms with Gasteiger partial charge in [-0.2, -0.15) is 0 Å². The van der Waals surface area contributed by atoms with E-state index in [0.29, 0.717) is 44.2 Å². The van der Waals surface area contributed by atoms with Gasteiger partial charge < -0.3 is 25.0 Å². The van der Waals surface area contributed by atoms with Crippen LogP contribution in [0.25, 0.3) is 11.3 Å². The van der Waals surface area contributed by atoms with Crippen molar-refractivity contribution in [2.24, 2.45) is 0 Å². The minimum atomic E-state index is -1.58. The lowest BCUT2D eigenvalue weighted by atomic mass is 9.96. The van der Waals surface area contributed by atoms with E-state index in [1.807, 2.05) is 30.3 Å². The number of hydroxylamine groups is 1. The van der Waals surface area contributed by atoms with Gasteiger partial charge in [0, 0.05) is 11.3 Å². The molecule has 9 nitrogen and oxygen atoms in total. The van der Waals surface area contributed by atoms with Crippen LogP contribution in [0.5, 0.6) is 0 Å². The summed E-state index contributed by atoms with van der Waals surface area (Å²) in [4.78, 5) is 31.1. The number of hydrogen-bond acceptors (Lipinski definition) is 8. The first-order valence-corrected chi connectivity index (χ1v) is 12.6. The molecule has 3 aromatic carbocycles. The average molecular weight is 522 g/mol. The van der Waals surface area contributed by atoms with Gasteiger partial charge >= 0.3 is 5.97 Å². The molecule has 192 valence electrons. The molecule has 0 bridgehead atoms. The molecule has 4 rings (SSSR count). The predicted molar refractivity (Wildman–Crippen MR) is 142 cm³/mol. The largest absolute Gasteiger partial charge is 0.591 e. The highest BCUT2D eigenvalue weighted by Crippen LogP contribution is 2.39. The smallest absolute Gasteiger partial charge is 0.338 e. The molecule has 1 unspecified atom stereocenters. The summed E-state index contributed by atoms with van der Waals surface area (Å²) in [6, 6.07) is 19.8. The van der Waals surface area contributed by atoms with Gasteiger partial charge in [-0.1, -0.05) is 30.3 Å². The van der Waals surface area contributed by atoms with Gasteiger partial charge in [-0.25, -0.2) is 4.79 Å². The number of methoxy groups -OCH3 is 1. The van der Waals surface area contributed by atoms with E-state index in [2.05, 4.69) is 10.6 Å². The van der Waals surface area contributed by atoms with Crippen molar-refractivity contribution in [2.75, 3.05) is 38.0 Å². The molecule has 0 aliphatic carbocycles. The van der Waals surface area contributed by atoms with Gasteiger partial charge in [-0.15, -0.1) is 0 Å². The van der Waals surface area contributed by atoms with Crippen molar-refractivity contribution in [3.8, 4) is 0 Å². The van der Waals surface area contributed by atoms with E-state index in [1.165, 1.54) is 18.6 Å². The van der Waals surface area contributed by atoms with Crippen LogP contribution in [0.2, 0.25) is 0 Å². The summed E-state index contributed by atoms with van der Waals surface area (Å²) in [6.07, 6.45) is 0. The number of rotatable bonds is 9. The zero-order valence-corrected chi connectivity index (χ0v) is 21.4. The first-order chi connectivity index (χ1) is 17.8. The lowest BCUT2D eigenvalue weighted by Gasteiger charge is -2.19. The minimum Gasteiger partial charge on any atom is -0.591 e. The second-order valence-electron chi connectivity index (χ2n) is 8.17. The molecule has 0 spiro atoms. The molecule has 0 fully saturated rings. The number of esters is 1. The second kappa shape index (κ2) is 11.6. The second-order valence-corrected chi connectivity index (χ2v) is 9.65. The van der Waals surface area contributed by atoms with Gasteiger partial charge in [-0.3, -0.25) is 9.63 Å². The Bertz CT molecular complexity index is 1330. The summed E-state index contributed by atoms with van der Waals surface area (Å²) in [6.45, 7) is 1.66. The van der Waals surface area contributed by atoms with Crippen LogP contribution in [-0.2, 0) is 25.7 Å². The molecule has 1 atom stereocenters. The van der Waals surface area contributed by atoms with Crippen LogP contribution in [-0.4, -0.2) is 53.4 Å². The fourth-order valence-electron chi connectivity index (χ4n) is 3.95. The summed E-state index contributed by atoms with van der Waals surface area (Å²) in [5.41, 5.74) is 4.75. The molecular weight excluding hydrogens is 494 g/mol. The monoisotopic (exact) mass is 521 g/mol. The molecule has 0 saturated heterocycles. The fraction of sp³-hybridized carbons (Fsp3) is 0.185. The molecule has 1 heterocycles. The SMILES string of the molecule is COC(=O)c1cc2c(cc1C)/C(=C(/Nc1ccc([S+]([O-])N(C)OCCO)cc1)c1ccccc1)C(=O)N2. The topological polar surface area (TPSA) is 123 Å². The number of nitrogens with one attached hydrogen (secondary N) is 2. The molecule has 0 radical (unpaired) electrons. The van der Waals surface area contributed by atoms with Crippen LogP contribution in [0.15, 0.2) is 71.6 Å². The van der Waals surface area contributed by atoms with Gasteiger partial charge in [0.25, 0.3) is 5.91 Å². The Morgan fingerprint density at radius 3 is 2.49 bits per heavy atom. The minimum absolute atomic E-state index is 0.0417. The van der Waals surface area contributed by atoms with Crippen LogP contribution in [0.3, 0.4) is 0 Å². The number of carbonyl (C=O) groups is 2. The number of aliphatic hydroxyl groups excluding tert-OH is 1. The normalized spacial score (nSPS) is 14.7. The molecule has 3 aromatic rings. The Morgan fingerprint density at radius 1 is 1.14 bits per heavy atom. The van der Waals surface area contributed by atoms with Crippen molar-refractivity contribution in [1.82, 2.24) is 4.47 Å². The maximum absolute atomic E-state index is 13.2. The molecule has 1 amide bonds. The molecule has 37 heavy (non-hydrogen) atoms. The third kappa shape index (κ3) is 5.68. The van der Waals surface area contributed by atoms with Gasteiger partial charge in [0.05, 0.1) is 49.9 Å². The standard InChI is InChI=1S/C27H27N3O6S/c1-17-15-22-23(16-21(17)27(33)35-3)29-26(32)24(22)25(18-7-5-4-6-8-18)28-19-9-11-20(12-10-19)37(34)30(2)36-14-13-31/h4-12,15-16,28,31H,13-14H2,1-3H3,(H,29,32)/b25-24-. The number of benzene rings is 3. The highest BCUT2D eigenvalue weighted by atomic mass is 32.2. The van der Waals surface area contributed by atoms with E-state index in [1.54, 1.807) is 43.3 Å². The van der Waals surface area contributed by atoms with Crippen LogP contribution in [0, 0.1) is 6.92 Å². The third-order valence-corrected chi connectivity index (χ3v) is 7.00. The van der Waals surface area contributed by atoms with E-state index in [4.69, 9.17) is 14.7 Å². The van der Waals surface area contributed by atoms with Crippen molar-refractivity contribution in [3.63, 3.8) is 0 Å². The van der Waals surface area contributed by atoms with E-state index in [0.717, 1.165) is 5.56 Å². The maximum Gasteiger partial charge on any atom is 0.338 e. The van der Waals surface area contributed by atoms with Gasteiger partial charge in [0.2, 0.25) is 0 Å². The number of aryl methyl sites for hydroxylation is 1. The highest BCUT2D eigenvalue weighted by Gasteiger charge is 2.30. The Labute approximate surface area is 218 Å². The van der Waals surface area contributed by atoms with Crippen LogP contribution in [0.4, 0.5) is 11.4 Å². The fourth-order valence-corrected chi connectivity index (χ4v) is 4.79. The molecule has 10 heteroatoms. The lowest BCUT2D eigenvalue weighted by Crippen LogP contribution is -2.28. The highest BCUT2D eigenvalue weighted by molar-refractivity contribution is 7.89. The summed E-state index contributed by atoms with van der Waals surface area (Å²) in [5.74, 6) is -0.776. The Morgan fingerprint density at radius 2 is 1.84 bits per heavy atom. The van der Waals surface area contributed by atoms with Gasteiger partial charge in [-0.05, 0) is 58.9 Å². The molecule has 3 N–H and O–H groups in total. The van der Waals surface area contributed by atoms with Gasteiger partial charge in [0.15, 0.2) is 4.90 Å². The number of fused-ring (bicyclic) bond motifs is 1. The summed E-state index contributed by atoms with van der Waals surface area (Å²) < 4.78 is 18.7. The molecule has 0 saturated carbocycles. The van der Waals surface area contributed by atoms with Crippen molar-refractivity contribution >= 4 is 45.9 Å². The van der Waals surface area contributed by atoms with Crippen molar-refractivity contribution < 1.29 is 28.8 Å². The quantitative estimate of drug-likeness (QED) is 0.169. The maximum atomic E-state index is 13.2. The number of aliphatic hydroxyl groups is 1. The van der Waals surface area contributed by atoms with Gasteiger partial charge in [0.1, 0.15) is 11.4 Å². The van der Waals surface area contributed by atoms with E-state index >= 15 is 0 Å². The first-order valence-electron chi connectivity index (χ1n) is 11.4. The number of ether oxygens (including phenoxy) is 1. The van der Waals surface area contributed by atoms with E-state index < -0.39 is 17.3 Å². The predicted octanol–water partition coefficient (Wildman–Crippen LogP) is 3.59. The van der Waals surface area contributed by atoms with Crippen molar-refractivity contribution in [3.05, 3.63) is 89.0 Å². The lowest BCUT2D eigenvalue weighted by molar-refractivity contribution is -0.110. The zero-order chi connectivity index (χ0) is 26.5. The molecule has 1 aliphatic heterocycles. The number of anilines is 2. The van der Waals surface area contributed by atoms with Crippen LogP contribution in [0.1, 0.15) is 27.0 Å². The summed E-state index contributed by atoms with van der Waals surface area (Å²) in [5, 5.41) is 15.1. The number of carbonyl (C=O) groups excluding carboxylic acids is 2. The molecule has 0 aromatic heterocycles. The Hall–Kier alpha value is -3.67. The van der Waals surface area contributed by atoms with Crippen molar-refractivity contribution in [1.29, 1.82) is 0 Å². The number of hydrogen-bond donors (Lipinski definition) is 3. The average Bonchev–Trinajstić information content (AvgIpc) is 3.23. The number of amides is 1. The Balaban J connectivity index is 1.73. The van der Waals surface area contributed by atoms with Crippen LogP contribution < -0.4 is 10.6 Å². The first kappa shape index (κ1) is 26.4. The molecular formula is C27H27N3O6S.